The van der Waals surface area contributed by atoms with Gasteiger partial charge >= 0.3 is 0 Å². The Kier molecular flexibility index (Phi) is 7.47. The number of fused-ring (bicyclic) bond motifs is 1. The van der Waals surface area contributed by atoms with E-state index in [1.54, 1.807) is 19.5 Å². The maximum absolute atomic E-state index is 14.1. The van der Waals surface area contributed by atoms with Gasteiger partial charge in [0.15, 0.2) is 11.6 Å². The molecule has 40 heavy (non-hydrogen) atoms. The second kappa shape index (κ2) is 11.5. The van der Waals surface area contributed by atoms with Crippen LogP contribution in [-0.2, 0) is 6.54 Å². The number of rotatable bonds is 8. The highest BCUT2D eigenvalue weighted by Gasteiger charge is 2.29. The summed E-state index contributed by atoms with van der Waals surface area (Å²) in [5, 5.41) is 7.42. The lowest BCUT2D eigenvalue weighted by molar-refractivity contribution is 0.0674. The summed E-state index contributed by atoms with van der Waals surface area (Å²) in [7, 11) is 1.59. The summed E-state index contributed by atoms with van der Waals surface area (Å²) in [5.41, 5.74) is 2.43. The van der Waals surface area contributed by atoms with Crippen molar-refractivity contribution in [2.75, 3.05) is 13.7 Å². The zero-order valence-electron chi connectivity index (χ0n) is 22.3. The minimum Gasteiger partial charge on any atom is -0.495 e. The van der Waals surface area contributed by atoms with Gasteiger partial charge in [0.2, 0.25) is 0 Å². The molecule has 0 unspecified atom stereocenters. The number of benzene rings is 3. The Bertz CT molecular complexity index is 1640. The summed E-state index contributed by atoms with van der Waals surface area (Å²) in [6.07, 6.45) is 7.74. The molecule has 0 bridgehead atoms. The van der Waals surface area contributed by atoms with E-state index in [1.165, 1.54) is 0 Å². The molecule has 8 heteroatoms. The molecule has 1 aliphatic carbocycles. The van der Waals surface area contributed by atoms with Crippen LogP contribution in [0, 0.1) is 0 Å². The van der Waals surface area contributed by atoms with E-state index in [4.69, 9.17) is 26.4 Å². The fourth-order valence-corrected chi connectivity index (χ4v) is 5.83. The van der Waals surface area contributed by atoms with E-state index in [9.17, 15) is 4.79 Å². The number of hydrogen-bond acceptors (Lipinski definition) is 5. The van der Waals surface area contributed by atoms with Gasteiger partial charge in [-0.2, -0.15) is 5.10 Å². The molecule has 1 amide bonds. The van der Waals surface area contributed by atoms with Crippen LogP contribution in [0.15, 0.2) is 85.2 Å². The molecule has 0 radical (unpaired) electrons. The van der Waals surface area contributed by atoms with Crippen molar-refractivity contribution in [2.24, 2.45) is 0 Å². The standard InChI is InChI=1S/C32H30ClN5O2/c1-40-29-14-13-24(21-28(29)33)31-35-30(23-15-17-34-18-16-23)36-38(31)20-19-37(25-9-3-4-10-25)32(39)27-12-6-8-22-7-2-5-11-26(22)27/h2,5-8,11-18,21,25H,3-4,9-10,19-20H2,1H3. The SMILES string of the molecule is COc1ccc(-c2nc(-c3ccncc3)nn2CCN(C(=O)c2cccc3ccccc23)C2CCCC2)cc1Cl. The number of pyridine rings is 1. The van der Waals surface area contributed by atoms with Crippen LogP contribution in [0.4, 0.5) is 0 Å². The van der Waals surface area contributed by atoms with Crippen LogP contribution in [0.5, 0.6) is 5.75 Å². The maximum atomic E-state index is 14.1. The Hall–Kier alpha value is -4.23. The van der Waals surface area contributed by atoms with Gasteiger partial charge in [0.1, 0.15) is 5.75 Å². The van der Waals surface area contributed by atoms with Crippen LogP contribution in [0.1, 0.15) is 36.0 Å². The molecule has 6 rings (SSSR count). The lowest BCUT2D eigenvalue weighted by Crippen LogP contribution is -2.41. The summed E-state index contributed by atoms with van der Waals surface area (Å²) >= 11 is 6.48. The molecule has 7 nitrogen and oxygen atoms in total. The van der Waals surface area contributed by atoms with Crippen LogP contribution in [0.2, 0.25) is 5.02 Å². The van der Waals surface area contributed by atoms with Crippen LogP contribution in [0.25, 0.3) is 33.5 Å². The van der Waals surface area contributed by atoms with Crippen molar-refractivity contribution in [3.05, 3.63) is 95.8 Å². The third-order valence-corrected chi connectivity index (χ3v) is 7.91. The number of ether oxygens (including phenoxy) is 1. The molecule has 3 aromatic carbocycles. The number of hydrogen-bond donors (Lipinski definition) is 0. The van der Waals surface area contributed by atoms with Crippen molar-refractivity contribution in [3.63, 3.8) is 0 Å². The highest BCUT2D eigenvalue weighted by atomic mass is 35.5. The van der Waals surface area contributed by atoms with Crippen molar-refractivity contribution < 1.29 is 9.53 Å². The molecule has 0 N–H and O–H groups in total. The summed E-state index contributed by atoms with van der Waals surface area (Å²) in [6.45, 7) is 1.01. The molecule has 0 atom stereocenters. The number of halogens is 1. The molecule has 1 fully saturated rings. The topological polar surface area (TPSA) is 73.1 Å². The monoisotopic (exact) mass is 551 g/mol. The second-order valence-corrected chi connectivity index (χ2v) is 10.4. The van der Waals surface area contributed by atoms with Crippen molar-refractivity contribution in [1.29, 1.82) is 0 Å². The van der Waals surface area contributed by atoms with E-state index >= 15 is 0 Å². The molecular formula is C32H30ClN5O2. The average Bonchev–Trinajstić information content (AvgIpc) is 3.68. The normalized spacial score (nSPS) is 13.6. The predicted molar refractivity (Wildman–Crippen MR) is 157 cm³/mol. The first kappa shape index (κ1) is 26.0. The molecule has 2 aromatic heterocycles. The van der Waals surface area contributed by atoms with Crippen LogP contribution >= 0.6 is 11.6 Å². The third kappa shape index (κ3) is 5.17. The molecule has 2 heterocycles. The molecule has 202 valence electrons. The quantitative estimate of drug-likeness (QED) is 0.209. The van der Waals surface area contributed by atoms with Gasteiger partial charge in [-0.25, -0.2) is 9.67 Å². The molecular weight excluding hydrogens is 522 g/mol. The zero-order valence-corrected chi connectivity index (χ0v) is 23.1. The van der Waals surface area contributed by atoms with Gasteiger partial charge in [-0.1, -0.05) is 60.8 Å². The van der Waals surface area contributed by atoms with Gasteiger partial charge in [0, 0.05) is 41.7 Å². The van der Waals surface area contributed by atoms with Crippen molar-refractivity contribution in [2.45, 2.75) is 38.3 Å². The zero-order chi connectivity index (χ0) is 27.5. The summed E-state index contributed by atoms with van der Waals surface area (Å²) in [6, 6.07) is 23.6. The lowest BCUT2D eigenvalue weighted by Gasteiger charge is -2.29. The highest BCUT2D eigenvalue weighted by molar-refractivity contribution is 6.32. The Morgan fingerprint density at radius 1 is 1.00 bits per heavy atom. The smallest absolute Gasteiger partial charge is 0.254 e. The fraction of sp³-hybridized carbons (Fsp3) is 0.250. The second-order valence-electron chi connectivity index (χ2n) is 10.0. The highest BCUT2D eigenvalue weighted by Crippen LogP contribution is 2.31. The largest absolute Gasteiger partial charge is 0.495 e. The first-order valence-electron chi connectivity index (χ1n) is 13.6. The Balaban J connectivity index is 1.36. The number of amides is 1. The van der Waals surface area contributed by atoms with Crippen molar-refractivity contribution in [1.82, 2.24) is 24.6 Å². The van der Waals surface area contributed by atoms with E-state index in [0.29, 0.717) is 35.5 Å². The van der Waals surface area contributed by atoms with Gasteiger partial charge < -0.3 is 9.64 Å². The first-order chi connectivity index (χ1) is 19.6. The molecule has 5 aromatic rings. The number of methoxy groups -OCH3 is 1. The number of carbonyl (C=O) groups is 1. The molecule has 0 saturated heterocycles. The van der Waals surface area contributed by atoms with Crippen LogP contribution in [0.3, 0.4) is 0 Å². The van der Waals surface area contributed by atoms with Crippen molar-refractivity contribution in [3.8, 4) is 28.5 Å². The minimum atomic E-state index is 0.0622. The van der Waals surface area contributed by atoms with Gasteiger partial charge in [-0.15, -0.1) is 0 Å². The van der Waals surface area contributed by atoms with E-state index in [1.807, 2.05) is 82.4 Å². The van der Waals surface area contributed by atoms with Crippen LogP contribution < -0.4 is 4.74 Å². The van der Waals surface area contributed by atoms with Crippen LogP contribution in [-0.4, -0.2) is 50.3 Å². The van der Waals surface area contributed by atoms with E-state index in [2.05, 4.69) is 4.98 Å². The average molecular weight is 552 g/mol. The molecule has 1 saturated carbocycles. The van der Waals surface area contributed by atoms with Gasteiger partial charge in [0.25, 0.3) is 5.91 Å². The molecule has 1 aliphatic rings. The predicted octanol–water partition coefficient (Wildman–Crippen LogP) is 6.91. The molecule has 0 spiro atoms. The Morgan fingerprint density at radius 3 is 2.55 bits per heavy atom. The summed E-state index contributed by atoms with van der Waals surface area (Å²) in [4.78, 5) is 25.2. The fourth-order valence-electron chi connectivity index (χ4n) is 5.58. The maximum Gasteiger partial charge on any atom is 0.254 e. The Morgan fingerprint density at radius 2 is 1.77 bits per heavy atom. The minimum absolute atomic E-state index is 0.0622. The van der Waals surface area contributed by atoms with E-state index in [0.717, 1.165) is 53.1 Å². The van der Waals surface area contributed by atoms with E-state index in [-0.39, 0.29) is 11.9 Å². The Labute approximate surface area is 238 Å². The van der Waals surface area contributed by atoms with Gasteiger partial charge in [0.05, 0.1) is 18.7 Å². The third-order valence-electron chi connectivity index (χ3n) is 7.62. The number of nitrogens with zero attached hydrogens (tertiary/aromatic N) is 5. The lowest BCUT2D eigenvalue weighted by atomic mass is 10.0. The summed E-state index contributed by atoms with van der Waals surface area (Å²) < 4.78 is 7.23. The number of carbonyl (C=O) groups excluding carboxylic acids is 1. The van der Waals surface area contributed by atoms with Gasteiger partial charge in [-0.05, 0) is 60.0 Å². The van der Waals surface area contributed by atoms with Gasteiger partial charge in [-0.3, -0.25) is 9.78 Å². The van der Waals surface area contributed by atoms with E-state index < -0.39 is 0 Å². The first-order valence-corrected chi connectivity index (χ1v) is 14.0. The number of aromatic nitrogens is 4. The summed E-state index contributed by atoms with van der Waals surface area (Å²) in [5.74, 6) is 1.93. The van der Waals surface area contributed by atoms with Crippen molar-refractivity contribution >= 4 is 28.3 Å². The molecule has 0 aliphatic heterocycles.